The monoisotopic (exact) mass is 436 g/mol. The Morgan fingerprint density at radius 2 is 0.903 bits per heavy atom. The van der Waals surface area contributed by atoms with Crippen molar-refractivity contribution in [2.75, 3.05) is 37.7 Å². The number of aromatic hydroxyl groups is 2. The summed E-state index contributed by atoms with van der Waals surface area (Å²) in [6.07, 6.45) is 6.80. The van der Waals surface area contributed by atoms with Gasteiger partial charge in [0.05, 0.1) is 13.1 Å². The highest BCUT2D eigenvalue weighted by atomic mass is 32.2. The molecule has 0 spiro atoms. The SMILES string of the molecule is Cc1cc2c(O)c(c1)C=NCCSCCN=Cc1cc(C)cc(c1O)C=NCCN=C2. The second kappa shape index (κ2) is 11.5. The highest BCUT2D eigenvalue weighted by Crippen LogP contribution is 2.23. The molecule has 2 aromatic rings. The predicted octanol–water partition coefficient (Wildman–Crippen LogP) is 3.84. The van der Waals surface area contributed by atoms with E-state index in [1.54, 1.807) is 36.6 Å². The van der Waals surface area contributed by atoms with E-state index in [0.717, 1.165) is 22.6 Å². The number of phenolic OH excluding ortho intramolecular Hbond substituents is 2. The van der Waals surface area contributed by atoms with Crippen molar-refractivity contribution >= 4 is 36.6 Å². The maximum Gasteiger partial charge on any atom is 0.133 e. The van der Waals surface area contributed by atoms with E-state index in [1.165, 1.54) is 0 Å². The number of benzene rings is 2. The van der Waals surface area contributed by atoms with E-state index in [2.05, 4.69) is 20.0 Å². The number of fused-ring (bicyclic) bond motifs is 4. The van der Waals surface area contributed by atoms with Crippen molar-refractivity contribution in [1.29, 1.82) is 0 Å². The van der Waals surface area contributed by atoms with Crippen molar-refractivity contribution in [3.63, 3.8) is 0 Å². The van der Waals surface area contributed by atoms with Gasteiger partial charge in [-0.3, -0.25) is 20.0 Å². The van der Waals surface area contributed by atoms with Crippen LogP contribution in [0.2, 0.25) is 0 Å². The number of hydrogen-bond donors (Lipinski definition) is 2. The van der Waals surface area contributed by atoms with Gasteiger partial charge >= 0.3 is 0 Å². The Bertz CT molecular complexity index is 947. The average Bonchev–Trinajstić information content (AvgIpc) is 2.74. The van der Waals surface area contributed by atoms with Crippen molar-refractivity contribution in [2.45, 2.75) is 13.8 Å². The summed E-state index contributed by atoms with van der Waals surface area (Å²) in [5.74, 6) is 2.13. The fourth-order valence-electron chi connectivity index (χ4n) is 3.17. The average molecular weight is 437 g/mol. The van der Waals surface area contributed by atoms with Gasteiger partial charge in [-0.1, -0.05) is 0 Å². The number of phenols is 2. The Kier molecular flexibility index (Phi) is 8.41. The zero-order valence-electron chi connectivity index (χ0n) is 18.0. The maximum atomic E-state index is 10.5. The molecule has 1 heterocycles. The van der Waals surface area contributed by atoms with Gasteiger partial charge in [-0.2, -0.15) is 11.8 Å². The Labute approximate surface area is 187 Å². The Balaban J connectivity index is 1.83. The van der Waals surface area contributed by atoms with Crippen LogP contribution >= 0.6 is 11.8 Å². The molecule has 4 bridgehead atoms. The van der Waals surface area contributed by atoms with Crippen LogP contribution in [0.4, 0.5) is 0 Å². The molecule has 2 N–H and O–H groups in total. The third-order valence-corrected chi connectivity index (χ3v) is 5.58. The molecule has 1 aliphatic heterocycles. The molecule has 0 fully saturated rings. The van der Waals surface area contributed by atoms with E-state index < -0.39 is 0 Å². The first kappa shape index (κ1) is 22.7. The fraction of sp³-hybridized carbons (Fsp3) is 0.333. The van der Waals surface area contributed by atoms with Crippen LogP contribution in [0.5, 0.6) is 11.5 Å². The molecule has 1 aliphatic rings. The van der Waals surface area contributed by atoms with E-state index in [1.807, 2.05) is 38.1 Å². The Hall–Kier alpha value is -2.93. The summed E-state index contributed by atoms with van der Waals surface area (Å²) in [6.45, 7) is 6.27. The molecular formula is C24H28N4O2S. The lowest BCUT2D eigenvalue weighted by atomic mass is 10.1. The van der Waals surface area contributed by atoms with Crippen LogP contribution in [-0.4, -0.2) is 72.8 Å². The summed E-state index contributed by atoms with van der Waals surface area (Å²) >= 11 is 1.77. The fourth-order valence-corrected chi connectivity index (χ4v) is 3.84. The Morgan fingerprint density at radius 1 is 0.581 bits per heavy atom. The van der Waals surface area contributed by atoms with E-state index >= 15 is 0 Å². The van der Waals surface area contributed by atoms with Crippen molar-refractivity contribution in [3.05, 3.63) is 57.6 Å². The summed E-state index contributed by atoms with van der Waals surface area (Å²) in [4.78, 5) is 17.7. The predicted molar refractivity (Wildman–Crippen MR) is 133 cm³/mol. The van der Waals surface area contributed by atoms with Crippen LogP contribution in [-0.2, 0) is 0 Å². The minimum absolute atomic E-state index is 0.187. The maximum absolute atomic E-state index is 10.5. The highest BCUT2D eigenvalue weighted by molar-refractivity contribution is 7.99. The normalized spacial score (nSPS) is 15.5. The summed E-state index contributed by atoms with van der Waals surface area (Å²) in [5.41, 5.74) is 4.81. The largest absolute Gasteiger partial charge is 0.507 e. The van der Waals surface area contributed by atoms with E-state index in [-0.39, 0.29) is 11.5 Å². The zero-order valence-corrected chi connectivity index (χ0v) is 18.8. The van der Waals surface area contributed by atoms with Crippen molar-refractivity contribution in [3.8, 4) is 11.5 Å². The van der Waals surface area contributed by atoms with E-state index in [4.69, 9.17) is 0 Å². The van der Waals surface area contributed by atoms with Crippen molar-refractivity contribution in [2.24, 2.45) is 20.0 Å². The molecular weight excluding hydrogens is 408 g/mol. The van der Waals surface area contributed by atoms with Crippen LogP contribution in [0, 0.1) is 13.8 Å². The number of rotatable bonds is 0. The van der Waals surface area contributed by atoms with E-state index in [0.29, 0.717) is 48.4 Å². The molecule has 31 heavy (non-hydrogen) atoms. The summed E-state index contributed by atoms with van der Waals surface area (Å²) in [5, 5.41) is 21.1. The van der Waals surface area contributed by atoms with Crippen molar-refractivity contribution < 1.29 is 10.2 Å². The molecule has 6 nitrogen and oxygen atoms in total. The number of aryl methyl sites for hydroxylation is 2. The summed E-state index contributed by atoms with van der Waals surface area (Å²) < 4.78 is 0. The molecule has 0 saturated heterocycles. The third kappa shape index (κ3) is 6.79. The number of nitrogens with zero attached hydrogens (tertiary/aromatic N) is 4. The molecule has 0 radical (unpaired) electrons. The molecule has 0 amide bonds. The minimum atomic E-state index is 0.187. The quantitative estimate of drug-likeness (QED) is 0.657. The molecule has 0 aliphatic carbocycles. The van der Waals surface area contributed by atoms with Gasteiger partial charge in [-0.15, -0.1) is 0 Å². The zero-order chi connectivity index (χ0) is 22.1. The first-order chi connectivity index (χ1) is 15.0. The lowest BCUT2D eigenvalue weighted by Crippen LogP contribution is -1.95. The first-order valence-corrected chi connectivity index (χ1v) is 11.4. The molecule has 3 rings (SSSR count). The van der Waals surface area contributed by atoms with Gasteiger partial charge in [0.15, 0.2) is 0 Å². The topological polar surface area (TPSA) is 89.9 Å². The van der Waals surface area contributed by atoms with Gasteiger partial charge in [0, 0.05) is 71.7 Å². The van der Waals surface area contributed by atoms with Gasteiger partial charge in [0.25, 0.3) is 0 Å². The van der Waals surface area contributed by atoms with E-state index in [9.17, 15) is 10.2 Å². The second-order valence-corrected chi connectivity index (χ2v) is 8.56. The molecule has 162 valence electrons. The second-order valence-electron chi connectivity index (χ2n) is 7.34. The van der Waals surface area contributed by atoms with Gasteiger partial charge in [0.2, 0.25) is 0 Å². The smallest absolute Gasteiger partial charge is 0.133 e. The van der Waals surface area contributed by atoms with Gasteiger partial charge < -0.3 is 10.2 Å². The van der Waals surface area contributed by atoms with Gasteiger partial charge in [0.1, 0.15) is 11.5 Å². The molecule has 0 aromatic heterocycles. The summed E-state index contributed by atoms with van der Waals surface area (Å²) in [7, 11) is 0. The lowest BCUT2D eigenvalue weighted by molar-refractivity contribution is 0.473. The van der Waals surface area contributed by atoms with Crippen LogP contribution in [0.25, 0.3) is 0 Å². The van der Waals surface area contributed by atoms with Crippen LogP contribution in [0.3, 0.4) is 0 Å². The van der Waals surface area contributed by atoms with Gasteiger partial charge in [-0.25, -0.2) is 0 Å². The number of aliphatic imine (C=N–C) groups is 4. The Morgan fingerprint density at radius 3 is 1.26 bits per heavy atom. The molecule has 0 unspecified atom stereocenters. The standard InChI is InChI=1S/C24H28N4O2S/c1-17-9-19-13-25-3-4-26-14-20-10-18(2)12-22(24(20)30)16-28-6-8-31-7-5-27-15-21(11-17)23(19)29/h9-16,29-30H,3-8H2,1-2H3. The van der Waals surface area contributed by atoms with Crippen molar-refractivity contribution in [1.82, 2.24) is 0 Å². The molecule has 7 heteroatoms. The third-order valence-electron chi connectivity index (χ3n) is 4.64. The van der Waals surface area contributed by atoms with Crippen LogP contribution in [0.1, 0.15) is 33.4 Å². The highest BCUT2D eigenvalue weighted by Gasteiger charge is 2.07. The molecule has 0 atom stereocenters. The first-order valence-electron chi connectivity index (χ1n) is 10.3. The van der Waals surface area contributed by atoms with Crippen LogP contribution < -0.4 is 0 Å². The van der Waals surface area contributed by atoms with Crippen LogP contribution in [0.15, 0.2) is 44.2 Å². The summed E-state index contributed by atoms with van der Waals surface area (Å²) in [6, 6.07) is 7.63. The minimum Gasteiger partial charge on any atom is -0.507 e. The molecule has 0 saturated carbocycles. The van der Waals surface area contributed by atoms with Gasteiger partial charge in [-0.05, 0) is 49.2 Å². The lowest BCUT2D eigenvalue weighted by Gasteiger charge is -2.05. The molecule has 2 aromatic carbocycles. The number of thioether (sulfide) groups is 1. The number of hydrogen-bond acceptors (Lipinski definition) is 7.